The van der Waals surface area contributed by atoms with Crippen LogP contribution >= 0.6 is 22.9 Å². The molecule has 4 N–H and O–H groups in total. The minimum absolute atomic E-state index is 0.257. The molecule has 2 aromatic rings. The summed E-state index contributed by atoms with van der Waals surface area (Å²) in [5.41, 5.74) is 1.22. The average Bonchev–Trinajstić information content (AvgIpc) is 3.10. The largest absolute Gasteiger partial charge is 0.479 e. The molecule has 0 amide bonds. The Morgan fingerprint density at radius 3 is 2.46 bits per heavy atom. The molecule has 150 valence electrons. The van der Waals surface area contributed by atoms with Gasteiger partial charge in [0.05, 0.1) is 12.1 Å². The first-order valence-electron chi connectivity index (χ1n) is 8.08. The van der Waals surface area contributed by atoms with Gasteiger partial charge in [0.1, 0.15) is 23.3 Å². The van der Waals surface area contributed by atoms with Crippen LogP contribution in [-0.4, -0.2) is 68.1 Å². The van der Waals surface area contributed by atoms with E-state index in [-0.39, 0.29) is 6.42 Å². The summed E-state index contributed by atoms with van der Waals surface area (Å²) in [6, 6.07) is 7.00. The summed E-state index contributed by atoms with van der Waals surface area (Å²) in [5.74, 6) is -2.41. The molecule has 9 nitrogen and oxygen atoms in total. The van der Waals surface area contributed by atoms with Crippen molar-refractivity contribution in [2.45, 2.75) is 37.1 Å². The molecular weight excluding hydrogens is 414 g/mol. The van der Waals surface area contributed by atoms with Crippen LogP contribution in [0.15, 0.2) is 29.6 Å². The molecule has 3 rings (SSSR count). The lowest BCUT2D eigenvalue weighted by atomic mass is 9.99. The maximum atomic E-state index is 12.1. The van der Waals surface area contributed by atoms with E-state index in [1.807, 2.05) is 0 Å². The number of hydrogen-bond donors (Lipinski definition) is 4. The Balaban J connectivity index is 1.64. The summed E-state index contributed by atoms with van der Waals surface area (Å²) in [4.78, 5) is 27.5. The van der Waals surface area contributed by atoms with Crippen molar-refractivity contribution in [3.63, 3.8) is 0 Å². The number of carbonyl (C=O) groups is 2. The number of benzene rings is 1. The highest BCUT2D eigenvalue weighted by molar-refractivity contribution is 7.13. The monoisotopic (exact) mass is 429 g/mol. The van der Waals surface area contributed by atoms with Gasteiger partial charge in [-0.05, 0) is 12.1 Å². The van der Waals surface area contributed by atoms with Crippen LogP contribution in [-0.2, 0) is 25.5 Å². The van der Waals surface area contributed by atoms with Gasteiger partial charge in [-0.3, -0.25) is 4.79 Å². The van der Waals surface area contributed by atoms with E-state index >= 15 is 0 Å². The Morgan fingerprint density at radius 2 is 1.82 bits per heavy atom. The fourth-order valence-electron chi connectivity index (χ4n) is 2.58. The molecule has 2 heterocycles. The van der Waals surface area contributed by atoms with Gasteiger partial charge in [-0.1, -0.05) is 23.7 Å². The highest BCUT2D eigenvalue weighted by Gasteiger charge is 2.48. The summed E-state index contributed by atoms with van der Waals surface area (Å²) in [6.45, 7) is 0. The van der Waals surface area contributed by atoms with Crippen LogP contribution in [0.2, 0.25) is 5.02 Å². The molecule has 0 unspecified atom stereocenters. The van der Waals surface area contributed by atoms with Gasteiger partial charge in [-0.25, -0.2) is 9.78 Å². The van der Waals surface area contributed by atoms with Crippen molar-refractivity contribution in [1.82, 2.24) is 4.98 Å². The predicted octanol–water partition coefficient (Wildman–Crippen LogP) is 0.441. The number of esters is 1. The molecule has 0 aliphatic carbocycles. The van der Waals surface area contributed by atoms with Crippen molar-refractivity contribution < 1.29 is 39.5 Å². The third-order valence-corrected chi connectivity index (χ3v) is 5.22. The van der Waals surface area contributed by atoms with Gasteiger partial charge in [0.25, 0.3) is 0 Å². The van der Waals surface area contributed by atoms with Crippen LogP contribution in [0.25, 0.3) is 10.6 Å². The number of carboxylic acid groups (broad SMARTS) is 1. The maximum absolute atomic E-state index is 12.1. The van der Waals surface area contributed by atoms with Gasteiger partial charge >= 0.3 is 11.9 Å². The van der Waals surface area contributed by atoms with Gasteiger partial charge in [0, 0.05) is 16.0 Å². The molecule has 1 saturated heterocycles. The number of carboxylic acids is 1. The Kier molecular flexibility index (Phi) is 6.28. The fraction of sp³-hybridized carbons (Fsp3) is 0.353. The second-order valence-corrected chi connectivity index (χ2v) is 7.35. The molecule has 0 radical (unpaired) electrons. The van der Waals surface area contributed by atoms with Crippen molar-refractivity contribution >= 4 is 34.9 Å². The zero-order valence-corrected chi connectivity index (χ0v) is 15.7. The van der Waals surface area contributed by atoms with Crippen molar-refractivity contribution in [3.8, 4) is 10.6 Å². The number of aliphatic hydroxyl groups excluding tert-OH is 3. The second-order valence-electron chi connectivity index (χ2n) is 6.05. The van der Waals surface area contributed by atoms with Crippen molar-refractivity contribution in [2.75, 3.05) is 0 Å². The van der Waals surface area contributed by atoms with Crippen LogP contribution in [0.4, 0.5) is 0 Å². The van der Waals surface area contributed by atoms with Gasteiger partial charge in [0.15, 0.2) is 6.10 Å². The van der Waals surface area contributed by atoms with E-state index < -0.39 is 42.6 Å². The molecule has 1 aromatic heterocycles. The average molecular weight is 430 g/mol. The van der Waals surface area contributed by atoms with Gasteiger partial charge in [-0.2, -0.15) is 0 Å². The van der Waals surface area contributed by atoms with E-state index in [0.29, 0.717) is 15.7 Å². The minimum atomic E-state index is -1.86. The first-order chi connectivity index (χ1) is 13.3. The lowest BCUT2D eigenvalue weighted by Gasteiger charge is -2.37. The Hall–Kier alpha value is -2.08. The molecule has 1 fully saturated rings. The number of aromatic nitrogens is 1. The van der Waals surface area contributed by atoms with E-state index in [1.165, 1.54) is 11.3 Å². The fourth-order valence-corrected chi connectivity index (χ4v) is 3.53. The zero-order chi connectivity index (χ0) is 20.4. The molecule has 1 aromatic carbocycles. The molecule has 11 heteroatoms. The first kappa shape index (κ1) is 20.6. The number of thiazole rings is 1. The Labute approximate surface area is 167 Å². The predicted molar refractivity (Wildman–Crippen MR) is 96.7 cm³/mol. The van der Waals surface area contributed by atoms with Crippen LogP contribution in [0.1, 0.15) is 5.69 Å². The van der Waals surface area contributed by atoms with Crippen LogP contribution in [0.5, 0.6) is 0 Å². The number of carbonyl (C=O) groups excluding carboxylic acids is 1. The molecule has 1 aliphatic rings. The Morgan fingerprint density at radius 1 is 1.14 bits per heavy atom. The summed E-state index contributed by atoms with van der Waals surface area (Å²) in [7, 11) is 0. The van der Waals surface area contributed by atoms with Crippen molar-refractivity contribution in [2.24, 2.45) is 0 Å². The molecule has 0 bridgehead atoms. The summed E-state index contributed by atoms with van der Waals surface area (Å²) >= 11 is 7.15. The van der Waals surface area contributed by atoms with Gasteiger partial charge in [0.2, 0.25) is 6.29 Å². The topological polar surface area (TPSA) is 146 Å². The molecule has 0 spiro atoms. The number of rotatable bonds is 5. The van der Waals surface area contributed by atoms with E-state index in [0.717, 1.165) is 5.56 Å². The van der Waals surface area contributed by atoms with E-state index in [4.69, 9.17) is 26.2 Å². The number of halogens is 1. The van der Waals surface area contributed by atoms with Crippen molar-refractivity contribution in [3.05, 3.63) is 40.4 Å². The SMILES string of the molecule is O=C(Cc1csc(-c2ccc(Cl)cc2)n1)O[C@@H]1O[C@H](C(=O)O)[C@@H](O)[C@H](O)[C@H]1O. The third-order valence-electron chi connectivity index (χ3n) is 4.03. The zero-order valence-electron chi connectivity index (χ0n) is 14.1. The lowest BCUT2D eigenvalue weighted by Crippen LogP contribution is -2.60. The lowest BCUT2D eigenvalue weighted by molar-refractivity contribution is -0.286. The molecular formula is C17H16ClNO8S. The number of hydrogen-bond acceptors (Lipinski definition) is 9. The molecule has 1 aliphatic heterocycles. The summed E-state index contributed by atoms with van der Waals surface area (Å²) < 4.78 is 9.84. The number of nitrogens with zero attached hydrogens (tertiary/aromatic N) is 1. The van der Waals surface area contributed by atoms with E-state index in [1.54, 1.807) is 29.6 Å². The first-order valence-corrected chi connectivity index (χ1v) is 9.34. The minimum Gasteiger partial charge on any atom is -0.479 e. The maximum Gasteiger partial charge on any atom is 0.335 e. The smallest absolute Gasteiger partial charge is 0.335 e. The van der Waals surface area contributed by atoms with Crippen molar-refractivity contribution in [1.29, 1.82) is 0 Å². The van der Waals surface area contributed by atoms with Gasteiger partial charge < -0.3 is 29.9 Å². The van der Waals surface area contributed by atoms with Gasteiger partial charge in [-0.15, -0.1) is 11.3 Å². The number of aliphatic hydroxyl groups is 3. The Bertz CT molecular complexity index is 857. The van der Waals surface area contributed by atoms with Crippen LogP contribution in [0.3, 0.4) is 0 Å². The standard InChI is InChI=1S/C17H16ClNO8S/c18-8-3-1-7(2-4-8)15-19-9(6-28-15)5-10(20)26-17-13(23)11(21)12(22)14(27-17)16(24)25/h1-4,6,11-14,17,21-23H,5H2,(H,24,25)/t11-,12-,13+,14-,17+/m0/s1. The number of aliphatic carboxylic acids is 1. The van der Waals surface area contributed by atoms with E-state index in [2.05, 4.69) is 4.98 Å². The highest BCUT2D eigenvalue weighted by Crippen LogP contribution is 2.26. The quantitative estimate of drug-likeness (QED) is 0.497. The molecule has 5 atom stereocenters. The summed E-state index contributed by atoms with van der Waals surface area (Å²) in [6.07, 6.45) is -9.33. The normalized spacial score (nSPS) is 27.4. The van der Waals surface area contributed by atoms with Crippen LogP contribution < -0.4 is 0 Å². The van der Waals surface area contributed by atoms with Crippen LogP contribution in [0, 0.1) is 0 Å². The summed E-state index contributed by atoms with van der Waals surface area (Å²) in [5, 5.41) is 41.1. The number of ether oxygens (including phenoxy) is 2. The second kappa shape index (κ2) is 8.52. The molecule has 0 saturated carbocycles. The molecule has 28 heavy (non-hydrogen) atoms. The van der Waals surface area contributed by atoms with E-state index in [9.17, 15) is 24.9 Å². The third kappa shape index (κ3) is 4.49. The highest BCUT2D eigenvalue weighted by atomic mass is 35.5.